The van der Waals surface area contributed by atoms with Gasteiger partial charge in [-0.2, -0.15) is 17.6 Å². The summed E-state index contributed by atoms with van der Waals surface area (Å²) in [7, 11) is 0. The Kier molecular flexibility index (Phi) is 6.12. The normalized spacial score (nSPS) is 12.3. The van der Waals surface area contributed by atoms with Crippen LogP contribution in [0, 0.1) is 12.3 Å². The van der Waals surface area contributed by atoms with E-state index < -0.39 is 13.2 Å². The van der Waals surface area contributed by atoms with Crippen molar-refractivity contribution < 1.29 is 27.0 Å². The van der Waals surface area contributed by atoms with E-state index in [1.807, 2.05) is 0 Å². The molecule has 0 amide bonds. The SMILES string of the molecule is C#CC(C)NCc1ccc(OC(F)F)cc1OC(F)F. The molecule has 0 saturated carbocycles. The second-order valence-corrected chi connectivity index (χ2v) is 3.80. The lowest BCUT2D eigenvalue weighted by molar-refractivity contribution is -0.0546. The van der Waals surface area contributed by atoms with E-state index in [-0.39, 0.29) is 24.1 Å². The van der Waals surface area contributed by atoms with E-state index in [0.29, 0.717) is 5.56 Å². The number of nitrogens with one attached hydrogen (secondary N) is 1. The van der Waals surface area contributed by atoms with E-state index in [1.54, 1.807) is 6.92 Å². The van der Waals surface area contributed by atoms with E-state index in [9.17, 15) is 17.6 Å². The van der Waals surface area contributed by atoms with E-state index in [0.717, 1.165) is 6.07 Å². The van der Waals surface area contributed by atoms with Gasteiger partial charge in [-0.1, -0.05) is 12.0 Å². The fraction of sp³-hybridized carbons (Fsp3) is 0.385. The molecule has 110 valence electrons. The van der Waals surface area contributed by atoms with E-state index in [2.05, 4.69) is 20.7 Å². The molecule has 0 saturated heterocycles. The molecule has 0 radical (unpaired) electrons. The highest BCUT2D eigenvalue weighted by atomic mass is 19.3. The Bertz CT molecular complexity index is 474. The third kappa shape index (κ3) is 5.36. The Labute approximate surface area is 113 Å². The zero-order valence-electron chi connectivity index (χ0n) is 10.6. The quantitative estimate of drug-likeness (QED) is 0.619. The van der Waals surface area contributed by atoms with Crippen molar-refractivity contribution >= 4 is 0 Å². The lowest BCUT2D eigenvalue weighted by atomic mass is 10.2. The molecule has 1 N–H and O–H groups in total. The van der Waals surface area contributed by atoms with Crippen molar-refractivity contribution in [1.29, 1.82) is 0 Å². The maximum Gasteiger partial charge on any atom is 0.387 e. The first-order valence-corrected chi connectivity index (χ1v) is 5.64. The average Bonchev–Trinajstić information content (AvgIpc) is 2.36. The largest absolute Gasteiger partial charge is 0.435 e. The number of benzene rings is 1. The summed E-state index contributed by atoms with van der Waals surface area (Å²) in [6.07, 6.45) is 5.17. The van der Waals surface area contributed by atoms with Crippen LogP contribution in [0.5, 0.6) is 11.5 Å². The molecule has 3 nitrogen and oxygen atoms in total. The lowest BCUT2D eigenvalue weighted by Gasteiger charge is -2.14. The van der Waals surface area contributed by atoms with Crippen LogP contribution in [-0.4, -0.2) is 19.3 Å². The summed E-state index contributed by atoms with van der Waals surface area (Å²) in [5, 5.41) is 2.87. The second kappa shape index (κ2) is 7.60. The predicted octanol–water partition coefficient (Wildman–Crippen LogP) is 3.00. The summed E-state index contributed by atoms with van der Waals surface area (Å²) >= 11 is 0. The number of hydrogen-bond acceptors (Lipinski definition) is 3. The number of ether oxygens (including phenoxy) is 2. The molecule has 0 aromatic heterocycles. The van der Waals surface area contributed by atoms with Crippen molar-refractivity contribution in [2.24, 2.45) is 0 Å². The molecule has 7 heteroatoms. The predicted molar refractivity (Wildman–Crippen MR) is 64.8 cm³/mol. The van der Waals surface area contributed by atoms with Gasteiger partial charge in [0, 0.05) is 18.2 Å². The molecule has 1 atom stereocenters. The van der Waals surface area contributed by atoms with Crippen LogP contribution in [0.15, 0.2) is 18.2 Å². The molecule has 0 fully saturated rings. The minimum atomic E-state index is -3.07. The highest BCUT2D eigenvalue weighted by Gasteiger charge is 2.13. The fourth-order valence-electron chi connectivity index (χ4n) is 1.38. The van der Waals surface area contributed by atoms with Gasteiger partial charge in [-0.3, -0.25) is 5.32 Å². The van der Waals surface area contributed by atoms with Crippen molar-refractivity contribution in [3.63, 3.8) is 0 Å². The van der Waals surface area contributed by atoms with E-state index >= 15 is 0 Å². The third-order valence-corrected chi connectivity index (χ3v) is 2.33. The molecule has 0 aliphatic heterocycles. The fourth-order valence-corrected chi connectivity index (χ4v) is 1.38. The number of hydrogen-bond donors (Lipinski definition) is 1. The topological polar surface area (TPSA) is 30.5 Å². The molecule has 0 heterocycles. The maximum atomic E-state index is 12.3. The number of terminal acetylenes is 1. The van der Waals surface area contributed by atoms with Gasteiger partial charge in [0.15, 0.2) is 0 Å². The molecule has 0 aliphatic rings. The third-order valence-electron chi connectivity index (χ3n) is 2.33. The van der Waals surface area contributed by atoms with Gasteiger partial charge in [0.05, 0.1) is 6.04 Å². The first-order valence-electron chi connectivity index (χ1n) is 5.64. The van der Waals surface area contributed by atoms with Crippen molar-refractivity contribution in [3.05, 3.63) is 23.8 Å². The van der Waals surface area contributed by atoms with Crippen LogP contribution in [-0.2, 0) is 6.54 Å². The summed E-state index contributed by atoms with van der Waals surface area (Å²) in [4.78, 5) is 0. The van der Waals surface area contributed by atoms with Gasteiger partial charge in [0.1, 0.15) is 11.5 Å². The maximum absolute atomic E-state index is 12.3. The van der Waals surface area contributed by atoms with Gasteiger partial charge in [-0.15, -0.1) is 6.42 Å². The molecule has 1 unspecified atom stereocenters. The molecular formula is C13H13F4NO2. The van der Waals surface area contributed by atoms with E-state index in [1.165, 1.54) is 12.1 Å². The van der Waals surface area contributed by atoms with Crippen LogP contribution in [0.1, 0.15) is 12.5 Å². The molecule has 20 heavy (non-hydrogen) atoms. The smallest absolute Gasteiger partial charge is 0.387 e. The van der Waals surface area contributed by atoms with Crippen molar-refractivity contribution in [3.8, 4) is 23.8 Å². The summed E-state index contributed by atoms with van der Waals surface area (Å²) in [5.41, 5.74) is 0.356. The Morgan fingerprint density at radius 1 is 1.20 bits per heavy atom. The monoisotopic (exact) mass is 291 g/mol. The van der Waals surface area contributed by atoms with Crippen LogP contribution in [0.3, 0.4) is 0 Å². The Morgan fingerprint density at radius 2 is 1.85 bits per heavy atom. The van der Waals surface area contributed by atoms with Crippen LogP contribution in [0.4, 0.5) is 17.6 Å². The van der Waals surface area contributed by atoms with Gasteiger partial charge in [0.2, 0.25) is 0 Å². The molecular weight excluding hydrogens is 278 g/mol. The minimum Gasteiger partial charge on any atom is -0.435 e. The number of halogens is 4. The molecule has 0 bridgehead atoms. The van der Waals surface area contributed by atoms with Gasteiger partial charge in [0.25, 0.3) is 0 Å². The summed E-state index contributed by atoms with van der Waals surface area (Å²) < 4.78 is 57.1. The van der Waals surface area contributed by atoms with Crippen molar-refractivity contribution in [2.75, 3.05) is 0 Å². The zero-order chi connectivity index (χ0) is 15.1. The van der Waals surface area contributed by atoms with Crippen LogP contribution < -0.4 is 14.8 Å². The first kappa shape index (κ1) is 16.1. The van der Waals surface area contributed by atoms with Crippen molar-refractivity contribution in [2.45, 2.75) is 32.7 Å². The first-order chi connectivity index (χ1) is 9.42. The Balaban J connectivity index is 2.89. The summed E-state index contributed by atoms with van der Waals surface area (Å²) in [6.45, 7) is -4.25. The highest BCUT2D eigenvalue weighted by Crippen LogP contribution is 2.27. The van der Waals surface area contributed by atoms with Gasteiger partial charge in [-0.05, 0) is 13.0 Å². The van der Waals surface area contributed by atoms with Gasteiger partial charge < -0.3 is 9.47 Å². The zero-order valence-corrected chi connectivity index (χ0v) is 10.6. The summed E-state index contributed by atoms with van der Waals surface area (Å²) in [5.74, 6) is 1.91. The van der Waals surface area contributed by atoms with Crippen LogP contribution in [0.25, 0.3) is 0 Å². The molecule has 0 aliphatic carbocycles. The molecule has 1 rings (SSSR count). The van der Waals surface area contributed by atoms with Crippen molar-refractivity contribution in [1.82, 2.24) is 5.32 Å². The van der Waals surface area contributed by atoms with Crippen LogP contribution in [0.2, 0.25) is 0 Å². The summed E-state index contributed by atoms with van der Waals surface area (Å²) in [6, 6.07) is 3.30. The minimum absolute atomic E-state index is 0.155. The Hall–Kier alpha value is -1.94. The standard InChI is InChI=1S/C13H13F4NO2/c1-3-8(2)18-7-9-4-5-10(19-12(14)15)6-11(9)20-13(16)17/h1,4-6,8,12-13,18H,7H2,2H3. The Morgan fingerprint density at radius 3 is 2.40 bits per heavy atom. The van der Waals surface area contributed by atoms with E-state index in [4.69, 9.17) is 6.42 Å². The number of alkyl halides is 4. The molecule has 0 spiro atoms. The van der Waals surface area contributed by atoms with Gasteiger partial charge >= 0.3 is 13.2 Å². The average molecular weight is 291 g/mol. The number of rotatable bonds is 7. The molecule has 1 aromatic rings. The van der Waals surface area contributed by atoms with Gasteiger partial charge in [-0.25, -0.2) is 0 Å². The molecule has 1 aromatic carbocycles. The second-order valence-electron chi connectivity index (χ2n) is 3.80. The highest BCUT2D eigenvalue weighted by molar-refractivity contribution is 5.41. The lowest BCUT2D eigenvalue weighted by Crippen LogP contribution is -2.24. The van der Waals surface area contributed by atoms with Crippen LogP contribution >= 0.6 is 0 Å².